The Morgan fingerprint density at radius 1 is 1.35 bits per heavy atom. The quantitative estimate of drug-likeness (QED) is 0.622. The molecule has 0 aliphatic heterocycles. The van der Waals surface area contributed by atoms with E-state index in [4.69, 9.17) is 0 Å². The summed E-state index contributed by atoms with van der Waals surface area (Å²) < 4.78 is 0. The number of phenols is 1. The van der Waals surface area contributed by atoms with E-state index in [-0.39, 0.29) is 19.3 Å². The zero-order chi connectivity index (χ0) is 12.5. The number of fused-ring (bicyclic) bond motifs is 1. The highest BCUT2D eigenvalue weighted by molar-refractivity contribution is 5.44. The lowest BCUT2D eigenvalue weighted by Crippen LogP contribution is -2.50. The van der Waals surface area contributed by atoms with Crippen molar-refractivity contribution < 1.29 is 15.3 Å². The number of aliphatic hydroxyl groups excluding tert-OH is 2. The van der Waals surface area contributed by atoms with E-state index in [2.05, 4.69) is 5.32 Å². The maximum atomic E-state index is 9.74. The van der Waals surface area contributed by atoms with Gasteiger partial charge in [-0.25, -0.2) is 0 Å². The van der Waals surface area contributed by atoms with Crippen molar-refractivity contribution in [2.24, 2.45) is 0 Å². The molecule has 4 nitrogen and oxygen atoms in total. The van der Waals surface area contributed by atoms with Gasteiger partial charge in [0.15, 0.2) is 0 Å². The van der Waals surface area contributed by atoms with Gasteiger partial charge in [-0.3, -0.25) is 0 Å². The Labute approximate surface area is 101 Å². The van der Waals surface area contributed by atoms with Crippen molar-refractivity contribution >= 4 is 0 Å². The van der Waals surface area contributed by atoms with E-state index in [9.17, 15) is 15.3 Å². The molecule has 0 bridgehead atoms. The highest BCUT2D eigenvalue weighted by Crippen LogP contribution is 2.37. The molecular formula is C13H19NO3. The van der Waals surface area contributed by atoms with Crippen LogP contribution >= 0.6 is 0 Å². The lowest BCUT2D eigenvalue weighted by molar-refractivity contribution is 0.0939. The fourth-order valence-electron chi connectivity index (χ4n) is 2.35. The van der Waals surface area contributed by atoms with Crippen LogP contribution in [0.5, 0.6) is 5.75 Å². The van der Waals surface area contributed by atoms with Crippen LogP contribution in [-0.4, -0.2) is 34.1 Å². The molecule has 0 spiro atoms. The Hall–Kier alpha value is -1.10. The Morgan fingerprint density at radius 3 is 2.71 bits per heavy atom. The lowest BCUT2D eigenvalue weighted by Gasteiger charge is -2.30. The summed E-state index contributed by atoms with van der Waals surface area (Å²) in [6, 6.07) is 5.58. The Balaban J connectivity index is 2.20. The van der Waals surface area contributed by atoms with Crippen molar-refractivity contribution in [2.75, 3.05) is 13.2 Å². The number of rotatable bonds is 4. The molecule has 4 N–H and O–H groups in total. The molecule has 1 aromatic carbocycles. The van der Waals surface area contributed by atoms with Crippen molar-refractivity contribution in [2.45, 2.75) is 31.3 Å². The third-order valence-corrected chi connectivity index (χ3v) is 3.47. The van der Waals surface area contributed by atoms with Crippen LogP contribution in [-0.2, 0) is 6.42 Å². The van der Waals surface area contributed by atoms with Crippen LogP contribution in [0.15, 0.2) is 18.2 Å². The fraction of sp³-hybridized carbons (Fsp3) is 0.538. The van der Waals surface area contributed by atoms with Gasteiger partial charge >= 0.3 is 0 Å². The SMILES string of the molecule is CC(CO)(CO)NC1CCc2c(O)cccc21. The van der Waals surface area contributed by atoms with Crippen LogP contribution in [0.25, 0.3) is 0 Å². The van der Waals surface area contributed by atoms with E-state index < -0.39 is 5.54 Å². The number of hydrogen-bond acceptors (Lipinski definition) is 4. The monoisotopic (exact) mass is 237 g/mol. The zero-order valence-electron chi connectivity index (χ0n) is 9.98. The van der Waals surface area contributed by atoms with Gasteiger partial charge in [0.1, 0.15) is 5.75 Å². The molecule has 0 radical (unpaired) electrons. The standard InChI is InChI=1S/C13H19NO3/c1-13(7-15,8-16)14-11-6-5-10-9(11)3-2-4-12(10)17/h2-4,11,14-17H,5-8H2,1H3. The maximum Gasteiger partial charge on any atom is 0.119 e. The summed E-state index contributed by atoms with van der Waals surface area (Å²) in [5.41, 5.74) is 1.36. The summed E-state index contributed by atoms with van der Waals surface area (Å²) in [6.45, 7) is 1.55. The number of aromatic hydroxyl groups is 1. The second-order valence-corrected chi connectivity index (χ2v) is 4.96. The molecule has 94 valence electrons. The van der Waals surface area contributed by atoms with E-state index in [0.29, 0.717) is 5.75 Å². The van der Waals surface area contributed by atoms with Crippen LogP contribution in [0.2, 0.25) is 0 Å². The highest BCUT2D eigenvalue weighted by Gasteiger charge is 2.31. The first-order valence-corrected chi connectivity index (χ1v) is 5.90. The normalized spacial score (nSPS) is 19.4. The van der Waals surface area contributed by atoms with Gasteiger partial charge in [0.25, 0.3) is 0 Å². The average Bonchev–Trinajstić information content (AvgIpc) is 2.74. The number of hydrogen-bond donors (Lipinski definition) is 4. The van der Waals surface area contributed by atoms with Gasteiger partial charge in [0.05, 0.1) is 18.8 Å². The van der Waals surface area contributed by atoms with Crippen molar-refractivity contribution in [3.05, 3.63) is 29.3 Å². The Bertz CT molecular complexity index is 402. The largest absolute Gasteiger partial charge is 0.508 e. The van der Waals surface area contributed by atoms with Gasteiger partial charge < -0.3 is 20.6 Å². The van der Waals surface area contributed by atoms with Crippen molar-refractivity contribution in [1.29, 1.82) is 0 Å². The van der Waals surface area contributed by atoms with E-state index >= 15 is 0 Å². The first-order chi connectivity index (χ1) is 8.09. The minimum atomic E-state index is -0.683. The summed E-state index contributed by atoms with van der Waals surface area (Å²) in [4.78, 5) is 0. The van der Waals surface area contributed by atoms with Crippen LogP contribution in [0.3, 0.4) is 0 Å². The van der Waals surface area contributed by atoms with E-state index in [0.717, 1.165) is 24.0 Å². The van der Waals surface area contributed by atoms with Gasteiger partial charge in [-0.05, 0) is 37.0 Å². The minimum Gasteiger partial charge on any atom is -0.508 e. The van der Waals surface area contributed by atoms with Crippen molar-refractivity contribution in [3.8, 4) is 5.75 Å². The minimum absolute atomic E-state index is 0.0846. The molecule has 0 aromatic heterocycles. The molecule has 0 saturated carbocycles. The van der Waals surface area contributed by atoms with Gasteiger partial charge in [0, 0.05) is 6.04 Å². The molecule has 17 heavy (non-hydrogen) atoms. The molecule has 1 atom stereocenters. The molecule has 1 aliphatic rings. The second kappa shape index (κ2) is 4.64. The van der Waals surface area contributed by atoms with Crippen LogP contribution in [0.1, 0.15) is 30.5 Å². The summed E-state index contributed by atoms with van der Waals surface area (Å²) in [7, 11) is 0. The highest BCUT2D eigenvalue weighted by atomic mass is 16.3. The predicted octanol–water partition coefficient (Wildman–Crippen LogP) is 0.712. The molecule has 0 amide bonds. The molecule has 1 aliphatic carbocycles. The first kappa shape index (κ1) is 12.4. The fourth-order valence-corrected chi connectivity index (χ4v) is 2.35. The third-order valence-electron chi connectivity index (χ3n) is 3.47. The van der Waals surface area contributed by atoms with Gasteiger partial charge in [-0.15, -0.1) is 0 Å². The summed E-state index contributed by atoms with van der Waals surface area (Å²) in [5.74, 6) is 0.335. The van der Waals surface area contributed by atoms with E-state index in [1.54, 1.807) is 13.0 Å². The number of phenolic OH excluding ortho intramolecular Hbond substituents is 1. The smallest absolute Gasteiger partial charge is 0.119 e. The molecule has 4 heteroatoms. The second-order valence-electron chi connectivity index (χ2n) is 4.96. The lowest BCUT2D eigenvalue weighted by atomic mass is 10.0. The molecule has 1 unspecified atom stereocenters. The predicted molar refractivity (Wildman–Crippen MR) is 64.9 cm³/mol. The van der Waals surface area contributed by atoms with E-state index in [1.165, 1.54) is 0 Å². The molecule has 0 fully saturated rings. The van der Waals surface area contributed by atoms with Crippen LogP contribution in [0.4, 0.5) is 0 Å². The molecular weight excluding hydrogens is 218 g/mol. The Morgan fingerprint density at radius 2 is 2.06 bits per heavy atom. The first-order valence-electron chi connectivity index (χ1n) is 5.90. The molecule has 1 aromatic rings. The van der Waals surface area contributed by atoms with Crippen LogP contribution in [0, 0.1) is 0 Å². The van der Waals surface area contributed by atoms with Gasteiger partial charge in [-0.2, -0.15) is 0 Å². The number of benzene rings is 1. The van der Waals surface area contributed by atoms with Gasteiger partial charge in [-0.1, -0.05) is 12.1 Å². The topological polar surface area (TPSA) is 72.7 Å². The van der Waals surface area contributed by atoms with Crippen molar-refractivity contribution in [3.63, 3.8) is 0 Å². The number of aliphatic hydroxyl groups is 2. The van der Waals surface area contributed by atoms with Gasteiger partial charge in [0.2, 0.25) is 0 Å². The molecule has 2 rings (SSSR count). The Kier molecular flexibility index (Phi) is 3.38. The summed E-state index contributed by atoms with van der Waals surface area (Å²) >= 11 is 0. The molecule has 0 saturated heterocycles. The number of nitrogens with one attached hydrogen (secondary N) is 1. The zero-order valence-corrected chi connectivity index (χ0v) is 9.98. The third kappa shape index (κ3) is 2.29. The van der Waals surface area contributed by atoms with E-state index in [1.807, 2.05) is 12.1 Å². The maximum absolute atomic E-state index is 9.74. The van der Waals surface area contributed by atoms with Crippen LogP contribution < -0.4 is 5.32 Å². The van der Waals surface area contributed by atoms with Crippen molar-refractivity contribution in [1.82, 2.24) is 5.32 Å². The summed E-state index contributed by atoms with van der Waals surface area (Å²) in [6.07, 6.45) is 1.70. The average molecular weight is 237 g/mol. The summed E-state index contributed by atoms with van der Waals surface area (Å²) in [5, 5.41) is 31.6. The molecule has 0 heterocycles.